The third-order valence-corrected chi connectivity index (χ3v) is 5.68. The molecule has 1 aliphatic heterocycles. The van der Waals surface area contributed by atoms with Crippen LogP contribution >= 0.6 is 27.7 Å². The molecule has 0 unspecified atom stereocenters. The second-order valence-electron chi connectivity index (χ2n) is 5.95. The quantitative estimate of drug-likeness (QED) is 0.439. The van der Waals surface area contributed by atoms with E-state index in [1.165, 1.54) is 11.8 Å². The van der Waals surface area contributed by atoms with E-state index < -0.39 is 5.63 Å². The van der Waals surface area contributed by atoms with Gasteiger partial charge in [-0.05, 0) is 24.3 Å². The number of hydrogen-bond acceptors (Lipinski definition) is 6. The number of thioether (sulfide) groups is 1. The monoisotopic (exact) mass is 438 g/mol. The summed E-state index contributed by atoms with van der Waals surface area (Å²) in [5.74, 6) is 1.16. The van der Waals surface area contributed by atoms with Crippen LogP contribution < -0.4 is 5.63 Å². The van der Waals surface area contributed by atoms with Gasteiger partial charge in [-0.3, -0.25) is 0 Å². The van der Waals surface area contributed by atoms with Crippen LogP contribution in [0.4, 0.5) is 0 Å². The highest BCUT2D eigenvalue weighted by Crippen LogP contribution is 2.29. The van der Waals surface area contributed by atoms with Crippen LogP contribution in [0.2, 0.25) is 0 Å². The fraction of sp³-hybridized carbons (Fsp3) is 0.0526. The molecule has 0 amide bonds. The number of para-hydroxylation sites is 1. The van der Waals surface area contributed by atoms with Crippen molar-refractivity contribution in [1.29, 1.82) is 0 Å². The first-order valence-corrected chi connectivity index (χ1v) is 9.92. The SMILES string of the molecule is O=c1oc2ccccc2cc1C1=Nn2c(nnc2-c2ccc(Br)cc2)SC1. The molecule has 0 atom stereocenters. The lowest BCUT2D eigenvalue weighted by Crippen LogP contribution is -2.20. The van der Waals surface area contributed by atoms with Gasteiger partial charge >= 0.3 is 5.63 Å². The number of rotatable bonds is 2. The summed E-state index contributed by atoms with van der Waals surface area (Å²) in [5, 5.41) is 14.7. The number of benzene rings is 2. The Labute approximate surface area is 166 Å². The van der Waals surface area contributed by atoms with Crippen LogP contribution in [0.5, 0.6) is 0 Å². The standard InChI is InChI=1S/C19H11BrN4O2S/c20-13-7-5-11(6-8-13)17-21-22-19-24(17)23-15(10-27-19)14-9-12-3-1-2-4-16(12)26-18(14)25/h1-9H,10H2. The number of aromatic nitrogens is 3. The van der Waals surface area contributed by atoms with Crippen molar-refractivity contribution in [2.24, 2.45) is 5.10 Å². The largest absolute Gasteiger partial charge is 0.422 e. The third-order valence-electron chi connectivity index (χ3n) is 4.23. The second-order valence-corrected chi connectivity index (χ2v) is 7.80. The third kappa shape index (κ3) is 2.90. The number of fused-ring (bicyclic) bond motifs is 2. The minimum absolute atomic E-state index is 0.394. The van der Waals surface area contributed by atoms with Crippen molar-refractivity contribution < 1.29 is 4.42 Å². The molecule has 8 heteroatoms. The van der Waals surface area contributed by atoms with E-state index in [0.29, 0.717) is 33.6 Å². The molecule has 2 aromatic heterocycles. The Morgan fingerprint density at radius 3 is 2.74 bits per heavy atom. The zero-order chi connectivity index (χ0) is 18.4. The van der Waals surface area contributed by atoms with Crippen molar-refractivity contribution in [1.82, 2.24) is 14.9 Å². The Morgan fingerprint density at radius 2 is 1.89 bits per heavy atom. The van der Waals surface area contributed by atoms with Crippen LogP contribution in [0.15, 0.2) is 78.5 Å². The van der Waals surface area contributed by atoms with Crippen LogP contribution in [0.1, 0.15) is 5.56 Å². The van der Waals surface area contributed by atoms with Gasteiger partial charge in [-0.1, -0.05) is 58.0 Å². The Kier molecular flexibility index (Phi) is 3.95. The maximum absolute atomic E-state index is 12.5. The molecule has 132 valence electrons. The minimum atomic E-state index is -0.394. The molecule has 1 aliphatic rings. The normalized spacial score (nSPS) is 13.4. The summed E-state index contributed by atoms with van der Waals surface area (Å²) in [6.07, 6.45) is 0. The summed E-state index contributed by atoms with van der Waals surface area (Å²) in [7, 11) is 0. The van der Waals surface area contributed by atoms with E-state index in [-0.39, 0.29) is 0 Å². The fourth-order valence-electron chi connectivity index (χ4n) is 2.90. The molecule has 0 saturated carbocycles. The van der Waals surface area contributed by atoms with E-state index in [0.717, 1.165) is 15.4 Å². The summed E-state index contributed by atoms with van der Waals surface area (Å²) in [5.41, 5.74) is 2.17. The molecular formula is C19H11BrN4O2S. The van der Waals surface area contributed by atoms with Crippen LogP contribution in [-0.4, -0.2) is 26.3 Å². The van der Waals surface area contributed by atoms with Crippen molar-refractivity contribution in [2.45, 2.75) is 5.16 Å². The van der Waals surface area contributed by atoms with Gasteiger partial charge in [0.05, 0.1) is 11.3 Å². The highest BCUT2D eigenvalue weighted by Gasteiger charge is 2.22. The highest BCUT2D eigenvalue weighted by molar-refractivity contribution is 9.10. The molecule has 0 radical (unpaired) electrons. The van der Waals surface area contributed by atoms with Crippen LogP contribution in [0.25, 0.3) is 22.4 Å². The van der Waals surface area contributed by atoms with Crippen molar-refractivity contribution in [3.05, 3.63) is 75.1 Å². The Morgan fingerprint density at radius 1 is 1.07 bits per heavy atom. The summed E-state index contributed by atoms with van der Waals surface area (Å²) >= 11 is 4.92. The molecule has 0 saturated heterocycles. The zero-order valence-electron chi connectivity index (χ0n) is 13.8. The van der Waals surface area contributed by atoms with E-state index in [9.17, 15) is 4.79 Å². The number of hydrogen-bond donors (Lipinski definition) is 0. The average molecular weight is 439 g/mol. The van der Waals surface area contributed by atoms with E-state index in [4.69, 9.17) is 4.42 Å². The molecule has 0 aliphatic carbocycles. The molecule has 27 heavy (non-hydrogen) atoms. The van der Waals surface area contributed by atoms with Crippen LogP contribution in [0, 0.1) is 0 Å². The van der Waals surface area contributed by atoms with Crippen LogP contribution in [0.3, 0.4) is 0 Å². The Hall–Kier alpha value is -2.71. The maximum atomic E-state index is 12.5. The molecule has 4 aromatic rings. The average Bonchev–Trinajstić information content (AvgIpc) is 3.11. The van der Waals surface area contributed by atoms with Gasteiger partial charge in [-0.2, -0.15) is 9.78 Å². The maximum Gasteiger partial charge on any atom is 0.345 e. The fourth-order valence-corrected chi connectivity index (χ4v) is 3.99. The van der Waals surface area contributed by atoms with Gasteiger partial charge in [0.2, 0.25) is 5.16 Å². The predicted molar refractivity (Wildman–Crippen MR) is 108 cm³/mol. The summed E-state index contributed by atoms with van der Waals surface area (Å²) in [4.78, 5) is 12.5. The smallest absolute Gasteiger partial charge is 0.345 e. The Balaban J connectivity index is 1.64. The molecule has 2 aromatic carbocycles. The summed E-state index contributed by atoms with van der Waals surface area (Å²) in [6, 6.07) is 17.0. The molecule has 5 rings (SSSR count). The van der Waals surface area contributed by atoms with E-state index in [1.807, 2.05) is 48.5 Å². The van der Waals surface area contributed by atoms with Crippen molar-refractivity contribution in [3.8, 4) is 11.4 Å². The number of nitrogens with zero attached hydrogens (tertiary/aromatic N) is 4. The highest BCUT2D eigenvalue weighted by atomic mass is 79.9. The van der Waals surface area contributed by atoms with Gasteiger partial charge in [0.25, 0.3) is 0 Å². The van der Waals surface area contributed by atoms with Crippen LogP contribution in [-0.2, 0) is 0 Å². The Bertz CT molecular complexity index is 1260. The molecule has 0 spiro atoms. The second kappa shape index (κ2) is 6.47. The lowest BCUT2D eigenvalue weighted by atomic mass is 10.1. The van der Waals surface area contributed by atoms with Gasteiger partial charge < -0.3 is 4.42 Å². The lowest BCUT2D eigenvalue weighted by molar-refractivity contribution is 0.559. The first kappa shape index (κ1) is 16.5. The van der Waals surface area contributed by atoms with Gasteiger partial charge in [0.15, 0.2) is 5.82 Å². The first-order chi connectivity index (χ1) is 13.2. The molecular weight excluding hydrogens is 428 g/mol. The van der Waals surface area contributed by atoms with E-state index >= 15 is 0 Å². The summed E-state index contributed by atoms with van der Waals surface area (Å²) < 4.78 is 8.12. The molecule has 3 heterocycles. The van der Waals surface area contributed by atoms with E-state index in [1.54, 1.807) is 10.7 Å². The molecule has 0 bridgehead atoms. The van der Waals surface area contributed by atoms with Gasteiger partial charge in [0, 0.05) is 21.2 Å². The van der Waals surface area contributed by atoms with Gasteiger partial charge in [0.1, 0.15) is 5.58 Å². The predicted octanol–water partition coefficient (Wildman–Crippen LogP) is 4.17. The van der Waals surface area contributed by atoms with Crippen molar-refractivity contribution in [2.75, 3.05) is 5.75 Å². The first-order valence-electron chi connectivity index (χ1n) is 8.14. The molecule has 6 nitrogen and oxygen atoms in total. The summed E-state index contributed by atoms with van der Waals surface area (Å²) in [6.45, 7) is 0. The van der Waals surface area contributed by atoms with E-state index in [2.05, 4.69) is 31.2 Å². The van der Waals surface area contributed by atoms with Crippen molar-refractivity contribution >= 4 is 44.4 Å². The van der Waals surface area contributed by atoms with Crippen molar-refractivity contribution in [3.63, 3.8) is 0 Å². The van der Waals surface area contributed by atoms with Gasteiger partial charge in [-0.15, -0.1) is 10.2 Å². The zero-order valence-corrected chi connectivity index (χ0v) is 16.2. The topological polar surface area (TPSA) is 73.3 Å². The van der Waals surface area contributed by atoms with Gasteiger partial charge in [-0.25, -0.2) is 4.79 Å². The molecule has 0 fully saturated rings. The molecule has 0 N–H and O–H groups in total. The minimum Gasteiger partial charge on any atom is -0.422 e. The lowest BCUT2D eigenvalue weighted by Gasteiger charge is -2.13. The number of halogens is 1.